The number of halogens is 1. The maximum Gasteiger partial charge on any atom is 0.0363 e. The molecule has 2 aromatic rings. The number of hydrogen-bond donors (Lipinski definition) is 1. The van der Waals surface area contributed by atoms with Gasteiger partial charge in [0.05, 0.1) is 0 Å². The fourth-order valence-electron chi connectivity index (χ4n) is 2.47. The number of fused-ring (bicyclic) bond motifs is 1. The Kier molecular flexibility index (Phi) is 3.90. The predicted octanol–water partition coefficient (Wildman–Crippen LogP) is 3.21. The van der Waals surface area contributed by atoms with Gasteiger partial charge in [0.15, 0.2) is 0 Å². The van der Waals surface area contributed by atoms with Gasteiger partial charge in [0.25, 0.3) is 0 Å². The highest BCUT2D eigenvalue weighted by Crippen LogP contribution is 2.28. The summed E-state index contributed by atoms with van der Waals surface area (Å²) in [6.07, 6.45) is 0. The van der Waals surface area contributed by atoms with Crippen LogP contribution in [0.3, 0.4) is 0 Å². The molecule has 0 fully saturated rings. The molecule has 1 aliphatic rings. The lowest BCUT2D eigenvalue weighted by atomic mass is 10.1. The quantitative estimate of drug-likeness (QED) is 0.841. The molecule has 0 amide bonds. The van der Waals surface area contributed by atoms with Crippen molar-refractivity contribution < 1.29 is 0 Å². The molecule has 18 heavy (non-hydrogen) atoms. The molecule has 3 heteroatoms. The summed E-state index contributed by atoms with van der Waals surface area (Å²) in [6, 6.07) is 16.8. The molecule has 0 spiro atoms. The summed E-state index contributed by atoms with van der Waals surface area (Å²) in [7, 11) is 0. The van der Waals surface area contributed by atoms with E-state index in [0.29, 0.717) is 0 Å². The van der Waals surface area contributed by atoms with Crippen LogP contribution in [0.1, 0.15) is 16.7 Å². The largest absolute Gasteiger partial charge is 0.398 e. The highest BCUT2D eigenvalue weighted by Gasteiger charge is 2.20. The Hall–Kier alpha value is -1.51. The van der Waals surface area contributed by atoms with Gasteiger partial charge in [0, 0.05) is 25.3 Å². The first-order valence-corrected chi connectivity index (χ1v) is 5.95. The third-order valence-electron chi connectivity index (χ3n) is 3.33. The van der Waals surface area contributed by atoms with Crippen LogP contribution in [0.2, 0.25) is 0 Å². The van der Waals surface area contributed by atoms with Crippen molar-refractivity contribution in [1.29, 1.82) is 0 Å². The van der Waals surface area contributed by atoms with E-state index in [-0.39, 0.29) is 12.4 Å². The number of anilines is 1. The van der Waals surface area contributed by atoms with E-state index in [4.69, 9.17) is 5.73 Å². The molecule has 2 aromatic carbocycles. The topological polar surface area (TPSA) is 29.3 Å². The molecule has 0 saturated heterocycles. The van der Waals surface area contributed by atoms with Crippen molar-refractivity contribution in [3.63, 3.8) is 0 Å². The van der Waals surface area contributed by atoms with Crippen molar-refractivity contribution in [3.8, 4) is 0 Å². The van der Waals surface area contributed by atoms with Crippen molar-refractivity contribution in [2.75, 3.05) is 5.73 Å². The summed E-state index contributed by atoms with van der Waals surface area (Å²) in [6.45, 7) is 2.97. The zero-order chi connectivity index (χ0) is 11.7. The van der Waals surface area contributed by atoms with Gasteiger partial charge in [-0.15, -0.1) is 12.4 Å². The predicted molar refractivity (Wildman–Crippen MR) is 77.5 cm³/mol. The molecule has 0 unspecified atom stereocenters. The SMILES string of the molecule is Cl.Nc1cccc2c1CN(Cc1ccccc1)C2. The van der Waals surface area contributed by atoms with E-state index < -0.39 is 0 Å². The van der Waals surface area contributed by atoms with Crippen LogP contribution in [0.4, 0.5) is 5.69 Å². The van der Waals surface area contributed by atoms with E-state index in [0.717, 1.165) is 25.3 Å². The second-order valence-electron chi connectivity index (χ2n) is 4.62. The van der Waals surface area contributed by atoms with E-state index in [2.05, 4.69) is 41.3 Å². The van der Waals surface area contributed by atoms with Gasteiger partial charge < -0.3 is 5.73 Å². The molecule has 0 aliphatic carbocycles. The smallest absolute Gasteiger partial charge is 0.0363 e. The van der Waals surface area contributed by atoms with E-state index in [1.165, 1.54) is 16.7 Å². The lowest BCUT2D eigenvalue weighted by molar-refractivity contribution is 0.276. The normalized spacial score (nSPS) is 14.0. The number of hydrogen-bond acceptors (Lipinski definition) is 2. The Morgan fingerprint density at radius 3 is 2.44 bits per heavy atom. The van der Waals surface area contributed by atoms with Crippen LogP contribution < -0.4 is 5.73 Å². The third kappa shape index (κ3) is 2.50. The van der Waals surface area contributed by atoms with Gasteiger partial charge in [0.1, 0.15) is 0 Å². The molecule has 2 nitrogen and oxygen atoms in total. The van der Waals surface area contributed by atoms with Gasteiger partial charge >= 0.3 is 0 Å². The number of benzene rings is 2. The number of nitrogens with zero attached hydrogens (tertiary/aromatic N) is 1. The molecule has 94 valence electrons. The van der Waals surface area contributed by atoms with Gasteiger partial charge in [-0.2, -0.15) is 0 Å². The molecule has 3 rings (SSSR count). The molecule has 1 heterocycles. The minimum absolute atomic E-state index is 0. The van der Waals surface area contributed by atoms with Gasteiger partial charge in [0.2, 0.25) is 0 Å². The average molecular weight is 261 g/mol. The van der Waals surface area contributed by atoms with E-state index in [1.807, 2.05) is 12.1 Å². The Labute approximate surface area is 114 Å². The van der Waals surface area contributed by atoms with Crippen LogP contribution >= 0.6 is 12.4 Å². The first kappa shape index (κ1) is 12.9. The lowest BCUT2D eigenvalue weighted by Gasteiger charge is -2.14. The Bertz CT molecular complexity index is 525. The zero-order valence-corrected chi connectivity index (χ0v) is 11.0. The first-order chi connectivity index (χ1) is 8.33. The number of nitrogen functional groups attached to an aromatic ring is 1. The molecule has 2 N–H and O–H groups in total. The van der Waals surface area contributed by atoms with Gasteiger partial charge in [-0.25, -0.2) is 0 Å². The van der Waals surface area contributed by atoms with Crippen LogP contribution in [-0.2, 0) is 19.6 Å². The van der Waals surface area contributed by atoms with Gasteiger partial charge in [-0.3, -0.25) is 4.90 Å². The zero-order valence-electron chi connectivity index (χ0n) is 10.2. The minimum atomic E-state index is 0. The number of rotatable bonds is 2. The fourth-order valence-corrected chi connectivity index (χ4v) is 2.47. The maximum absolute atomic E-state index is 6.00. The summed E-state index contributed by atoms with van der Waals surface area (Å²) in [5, 5.41) is 0. The molecule has 1 aliphatic heterocycles. The third-order valence-corrected chi connectivity index (χ3v) is 3.33. The van der Waals surface area contributed by atoms with Gasteiger partial charge in [-0.1, -0.05) is 42.5 Å². The standard InChI is InChI=1S/C15H16N2.ClH/c16-15-8-4-7-13-10-17(11-14(13)15)9-12-5-2-1-3-6-12;/h1-8H,9-11,16H2;1H. The average Bonchev–Trinajstić information content (AvgIpc) is 2.74. The summed E-state index contributed by atoms with van der Waals surface area (Å²) in [4.78, 5) is 2.43. The highest BCUT2D eigenvalue weighted by atomic mass is 35.5. The Morgan fingerprint density at radius 2 is 1.72 bits per heavy atom. The van der Waals surface area contributed by atoms with E-state index >= 15 is 0 Å². The molecule has 0 saturated carbocycles. The maximum atomic E-state index is 6.00. The summed E-state index contributed by atoms with van der Waals surface area (Å²) < 4.78 is 0. The number of nitrogens with two attached hydrogens (primary N) is 1. The molecule has 0 radical (unpaired) electrons. The van der Waals surface area contributed by atoms with E-state index in [1.54, 1.807) is 0 Å². The lowest BCUT2D eigenvalue weighted by Crippen LogP contribution is -2.15. The molecule has 0 bridgehead atoms. The van der Waals surface area contributed by atoms with Crippen LogP contribution in [0.25, 0.3) is 0 Å². The van der Waals surface area contributed by atoms with Crippen molar-refractivity contribution in [1.82, 2.24) is 4.90 Å². The molecule has 0 atom stereocenters. The summed E-state index contributed by atoms with van der Waals surface area (Å²) >= 11 is 0. The Balaban J connectivity index is 0.00000120. The second-order valence-corrected chi connectivity index (χ2v) is 4.62. The van der Waals surface area contributed by atoms with E-state index in [9.17, 15) is 0 Å². The minimum Gasteiger partial charge on any atom is -0.398 e. The highest BCUT2D eigenvalue weighted by molar-refractivity contribution is 5.85. The molecular weight excluding hydrogens is 244 g/mol. The molecular formula is C15H17ClN2. The van der Waals surface area contributed by atoms with Crippen LogP contribution in [0.5, 0.6) is 0 Å². The van der Waals surface area contributed by atoms with Crippen molar-refractivity contribution in [2.45, 2.75) is 19.6 Å². The van der Waals surface area contributed by atoms with Gasteiger partial charge in [-0.05, 0) is 22.8 Å². The van der Waals surface area contributed by atoms with Crippen LogP contribution in [0, 0.1) is 0 Å². The summed E-state index contributed by atoms with van der Waals surface area (Å²) in [5.74, 6) is 0. The van der Waals surface area contributed by atoms with Crippen LogP contribution in [-0.4, -0.2) is 4.90 Å². The Morgan fingerprint density at radius 1 is 0.944 bits per heavy atom. The molecule has 0 aromatic heterocycles. The van der Waals surface area contributed by atoms with Crippen molar-refractivity contribution in [3.05, 3.63) is 65.2 Å². The first-order valence-electron chi connectivity index (χ1n) is 5.95. The monoisotopic (exact) mass is 260 g/mol. The summed E-state index contributed by atoms with van der Waals surface area (Å²) in [5.41, 5.74) is 11.0. The van der Waals surface area contributed by atoms with Crippen molar-refractivity contribution in [2.24, 2.45) is 0 Å². The fraction of sp³-hybridized carbons (Fsp3) is 0.200. The van der Waals surface area contributed by atoms with Crippen LogP contribution in [0.15, 0.2) is 48.5 Å². The van der Waals surface area contributed by atoms with Crippen molar-refractivity contribution >= 4 is 18.1 Å². The second kappa shape index (κ2) is 5.42.